The van der Waals surface area contributed by atoms with Gasteiger partial charge in [0.25, 0.3) is 5.91 Å². The van der Waals surface area contributed by atoms with Crippen LogP contribution < -0.4 is 10.6 Å². The number of aromatic amines is 1. The van der Waals surface area contributed by atoms with Gasteiger partial charge >= 0.3 is 0 Å². The van der Waals surface area contributed by atoms with E-state index in [1.165, 1.54) is 6.20 Å². The Labute approximate surface area is 146 Å². The van der Waals surface area contributed by atoms with Gasteiger partial charge in [-0.2, -0.15) is 5.10 Å². The molecule has 138 valence electrons. The minimum Gasteiger partial charge on any atom is -0.391 e. The molecule has 2 fully saturated rings. The number of amides is 2. The van der Waals surface area contributed by atoms with Gasteiger partial charge in [0.15, 0.2) is 0 Å². The highest BCUT2D eigenvalue weighted by Crippen LogP contribution is 2.26. The van der Waals surface area contributed by atoms with E-state index in [0.29, 0.717) is 25.1 Å². The standard InChI is InChI=1S/C16H25N5O4/c22-14-10-11(9-13(14)19-16(24)12-1-2-18-20-12)15(23)17-3-4-21-5-7-25-8-6-21/h1-2,11,13-14,22H,3-10H2,(H,17,23)(H,18,20)(H,19,24)/t11-,13+,14+/m0/s1. The van der Waals surface area contributed by atoms with Crippen LogP contribution in [0, 0.1) is 5.92 Å². The molecule has 1 aromatic rings. The first kappa shape index (κ1) is 17.8. The number of aromatic nitrogens is 2. The summed E-state index contributed by atoms with van der Waals surface area (Å²) in [5.41, 5.74) is 0.339. The first-order chi connectivity index (χ1) is 12.1. The normalized spacial score (nSPS) is 27.2. The lowest BCUT2D eigenvalue weighted by atomic mass is 10.1. The van der Waals surface area contributed by atoms with Gasteiger partial charge in [-0.15, -0.1) is 0 Å². The van der Waals surface area contributed by atoms with Gasteiger partial charge in [-0.1, -0.05) is 0 Å². The minimum absolute atomic E-state index is 0.0643. The summed E-state index contributed by atoms with van der Waals surface area (Å²) in [6.45, 7) is 4.63. The summed E-state index contributed by atoms with van der Waals surface area (Å²) in [4.78, 5) is 26.6. The number of ether oxygens (including phenoxy) is 1. The van der Waals surface area contributed by atoms with Crippen molar-refractivity contribution >= 4 is 11.8 Å². The molecule has 1 saturated carbocycles. The van der Waals surface area contributed by atoms with Crippen molar-refractivity contribution < 1.29 is 19.4 Å². The molecule has 0 aromatic carbocycles. The average Bonchev–Trinajstić information content (AvgIpc) is 3.26. The van der Waals surface area contributed by atoms with Gasteiger partial charge < -0.3 is 20.5 Å². The number of aliphatic hydroxyl groups is 1. The van der Waals surface area contributed by atoms with Gasteiger partial charge in [0.05, 0.1) is 25.4 Å². The fourth-order valence-electron chi connectivity index (χ4n) is 3.32. The van der Waals surface area contributed by atoms with Gasteiger partial charge in [0.1, 0.15) is 5.69 Å². The van der Waals surface area contributed by atoms with Gasteiger partial charge in [-0.3, -0.25) is 19.6 Å². The van der Waals surface area contributed by atoms with Crippen LogP contribution in [0.15, 0.2) is 12.3 Å². The lowest BCUT2D eigenvalue weighted by molar-refractivity contribution is -0.125. The van der Waals surface area contributed by atoms with Gasteiger partial charge in [0, 0.05) is 38.3 Å². The van der Waals surface area contributed by atoms with E-state index in [1.807, 2.05) is 0 Å². The zero-order valence-corrected chi connectivity index (χ0v) is 14.1. The molecular weight excluding hydrogens is 326 g/mol. The molecule has 0 radical (unpaired) electrons. The van der Waals surface area contributed by atoms with Crippen molar-refractivity contribution in [2.75, 3.05) is 39.4 Å². The highest BCUT2D eigenvalue weighted by Gasteiger charge is 2.37. The largest absolute Gasteiger partial charge is 0.391 e. The average molecular weight is 351 g/mol. The van der Waals surface area contributed by atoms with E-state index in [9.17, 15) is 14.7 Å². The summed E-state index contributed by atoms with van der Waals surface area (Å²) in [7, 11) is 0. The van der Waals surface area contributed by atoms with Crippen molar-refractivity contribution in [3.8, 4) is 0 Å². The number of nitrogens with one attached hydrogen (secondary N) is 3. The smallest absolute Gasteiger partial charge is 0.269 e. The summed E-state index contributed by atoms with van der Waals surface area (Å²) >= 11 is 0. The molecule has 2 aliphatic rings. The number of morpholine rings is 1. The SMILES string of the molecule is O=C(N[C@@H]1C[C@H](C(=O)NCCN2CCOCC2)C[C@H]1O)c1ccn[nH]1. The van der Waals surface area contributed by atoms with Crippen LogP contribution in [0.25, 0.3) is 0 Å². The summed E-state index contributed by atoms with van der Waals surface area (Å²) < 4.78 is 5.29. The summed E-state index contributed by atoms with van der Waals surface area (Å²) in [6.07, 6.45) is 1.56. The van der Waals surface area contributed by atoms with E-state index in [4.69, 9.17) is 4.74 Å². The van der Waals surface area contributed by atoms with E-state index in [-0.39, 0.29) is 17.7 Å². The lowest BCUT2D eigenvalue weighted by Crippen LogP contribution is -2.42. The molecule has 0 spiro atoms. The van der Waals surface area contributed by atoms with E-state index < -0.39 is 12.1 Å². The quantitative estimate of drug-likeness (QED) is 0.507. The van der Waals surface area contributed by atoms with Crippen LogP contribution in [0.3, 0.4) is 0 Å². The second-order valence-electron chi connectivity index (χ2n) is 6.53. The van der Waals surface area contributed by atoms with Crippen molar-refractivity contribution in [1.82, 2.24) is 25.7 Å². The molecule has 0 bridgehead atoms. The number of carbonyl (C=O) groups excluding carboxylic acids is 2. The predicted octanol–water partition coefficient (Wildman–Crippen LogP) is -1.27. The fraction of sp³-hybridized carbons (Fsp3) is 0.688. The lowest BCUT2D eigenvalue weighted by Gasteiger charge is -2.26. The van der Waals surface area contributed by atoms with Gasteiger partial charge in [-0.25, -0.2) is 0 Å². The van der Waals surface area contributed by atoms with Crippen LogP contribution in [0.4, 0.5) is 0 Å². The molecule has 2 amide bonds. The monoisotopic (exact) mass is 351 g/mol. The molecule has 9 heteroatoms. The van der Waals surface area contributed by atoms with E-state index in [1.54, 1.807) is 6.07 Å². The second kappa shape index (κ2) is 8.41. The number of carbonyl (C=O) groups is 2. The molecule has 0 unspecified atom stereocenters. The number of H-pyrrole nitrogens is 1. The van der Waals surface area contributed by atoms with Crippen LogP contribution in [0.2, 0.25) is 0 Å². The molecule has 1 saturated heterocycles. The summed E-state index contributed by atoms with van der Waals surface area (Å²) in [6, 6.07) is 1.14. The third-order valence-corrected chi connectivity index (χ3v) is 4.79. The zero-order valence-electron chi connectivity index (χ0n) is 14.1. The Hall–Kier alpha value is -1.97. The molecule has 1 aromatic heterocycles. The maximum atomic E-state index is 12.3. The molecule has 2 heterocycles. The Balaban J connectivity index is 1.41. The molecule has 3 atom stereocenters. The summed E-state index contributed by atoms with van der Waals surface area (Å²) in [5, 5.41) is 22.1. The highest BCUT2D eigenvalue weighted by molar-refractivity contribution is 5.92. The zero-order chi connectivity index (χ0) is 17.6. The highest BCUT2D eigenvalue weighted by atomic mass is 16.5. The fourth-order valence-corrected chi connectivity index (χ4v) is 3.32. The Bertz CT molecular complexity index is 573. The molecule has 1 aliphatic heterocycles. The maximum absolute atomic E-state index is 12.3. The number of hydrogen-bond donors (Lipinski definition) is 4. The molecular formula is C16H25N5O4. The Morgan fingerprint density at radius 1 is 1.36 bits per heavy atom. The number of aliphatic hydroxyl groups excluding tert-OH is 1. The van der Waals surface area contributed by atoms with Crippen LogP contribution in [-0.4, -0.2) is 83.6 Å². The van der Waals surface area contributed by atoms with E-state index in [0.717, 1.165) is 32.8 Å². The first-order valence-electron chi connectivity index (χ1n) is 8.69. The summed E-state index contributed by atoms with van der Waals surface area (Å²) in [5.74, 6) is -0.674. The third kappa shape index (κ3) is 4.77. The van der Waals surface area contributed by atoms with Crippen molar-refractivity contribution in [3.63, 3.8) is 0 Å². The predicted molar refractivity (Wildman–Crippen MR) is 88.8 cm³/mol. The number of nitrogens with zero attached hydrogens (tertiary/aromatic N) is 2. The first-order valence-corrected chi connectivity index (χ1v) is 8.69. The third-order valence-electron chi connectivity index (χ3n) is 4.79. The molecule has 9 nitrogen and oxygen atoms in total. The van der Waals surface area contributed by atoms with Crippen molar-refractivity contribution in [2.45, 2.75) is 25.0 Å². The molecule has 1 aliphatic carbocycles. The Morgan fingerprint density at radius 2 is 2.16 bits per heavy atom. The molecule has 25 heavy (non-hydrogen) atoms. The number of rotatable bonds is 6. The minimum atomic E-state index is -0.720. The van der Waals surface area contributed by atoms with Crippen LogP contribution in [-0.2, 0) is 9.53 Å². The topological polar surface area (TPSA) is 120 Å². The second-order valence-corrected chi connectivity index (χ2v) is 6.53. The van der Waals surface area contributed by atoms with E-state index >= 15 is 0 Å². The van der Waals surface area contributed by atoms with Gasteiger partial charge in [-0.05, 0) is 18.9 Å². The van der Waals surface area contributed by atoms with Gasteiger partial charge in [0.2, 0.25) is 5.91 Å². The van der Waals surface area contributed by atoms with Crippen molar-refractivity contribution in [2.24, 2.45) is 5.92 Å². The molecule has 3 rings (SSSR count). The Morgan fingerprint density at radius 3 is 2.88 bits per heavy atom. The molecule has 4 N–H and O–H groups in total. The van der Waals surface area contributed by atoms with Crippen LogP contribution in [0.5, 0.6) is 0 Å². The van der Waals surface area contributed by atoms with E-state index in [2.05, 4.69) is 25.7 Å². The Kier molecular flexibility index (Phi) is 6.00. The van der Waals surface area contributed by atoms with Crippen molar-refractivity contribution in [1.29, 1.82) is 0 Å². The van der Waals surface area contributed by atoms with Crippen molar-refractivity contribution in [3.05, 3.63) is 18.0 Å². The number of hydrogen-bond acceptors (Lipinski definition) is 6. The van der Waals surface area contributed by atoms with Crippen LogP contribution >= 0.6 is 0 Å². The maximum Gasteiger partial charge on any atom is 0.269 e. The van der Waals surface area contributed by atoms with Crippen LogP contribution in [0.1, 0.15) is 23.3 Å².